The van der Waals surface area contributed by atoms with Crippen LogP contribution in [0, 0.1) is 0 Å². The summed E-state index contributed by atoms with van der Waals surface area (Å²) in [6.45, 7) is 9.12. The van der Waals surface area contributed by atoms with Crippen molar-refractivity contribution in [3.63, 3.8) is 0 Å². The second kappa shape index (κ2) is 7.32. The molecule has 1 atom stereocenters. The fourth-order valence-corrected chi connectivity index (χ4v) is 3.29. The lowest BCUT2D eigenvalue weighted by molar-refractivity contribution is 0.0299. The van der Waals surface area contributed by atoms with Crippen LogP contribution in [-0.4, -0.2) is 36.7 Å². The van der Waals surface area contributed by atoms with Gasteiger partial charge in [0.2, 0.25) is 0 Å². The number of carbonyl (C=O) groups is 1. The minimum Gasteiger partial charge on any atom is -0.444 e. The summed E-state index contributed by atoms with van der Waals surface area (Å²) in [4.78, 5) is 14.8. The van der Waals surface area contributed by atoms with E-state index in [4.69, 9.17) is 4.74 Å². The fraction of sp³-hybridized carbons (Fsp3) is 0.500. The van der Waals surface area contributed by atoms with Crippen molar-refractivity contribution in [2.75, 3.05) is 20.1 Å². The third-order valence-corrected chi connectivity index (χ3v) is 4.77. The number of carbonyl (C=O) groups excluding carboxylic acids is 1. The van der Waals surface area contributed by atoms with E-state index in [1.165, 1.54) is 15.0 Å². The predicted molar refractivity (Wildman–Crippen MR) is 97.1 cm³/mol. The van der Waals surface area contributed by atoms with Gasteiger partial charge in [0.05, 0.1) is 0 Å². The Labute approximate surface area is 142 Å². The van der Waals surface area contributed by atoms with Gasteiger partial charge in [0.25, 0.3) is 0 Å². The average molecular weight is 334 g/mol. The maximum Gasteiger partial charge on any atom is 0.410 e. The van der Waals surface area contributed by atoms with Crippen LogP contribution < -0.4 is 5.32 Å². The quantitative estimate of drug-likeness (QED) is 0.880. The number of likely N-dealkylation sites (N-methyl/N-ethyl adjacent to an activating group) is 1. The number of thiophene rings is 1. The molecule has 0 bridgehead atoms. The lowest BCUT2D eigenvalue weighted by atomic mass is 10.2. The van der Waals surface area contributed by atoms with E-state index in [1.54, 1.807) is 11.9 Å². The van der Waals surface area contributed by atoms with Crippen molar-refractivity contribution < 1.29 is 9.53 Å². The van der Waals surface area contributed by atoms with Gasteiger partial charge in [-0.3, -0.25) is 0 Å². The van der Waals surface area contributed by atoms with E-state index in [-0.39, 0.29) is 12.1 Å². The molecule has 0 spiro atoms. The first kappa shape index (κ1) is 17.8. The normalized spacial score (nSPS) is 13.1. The van der Waals surface area contributed by atoms with Crippen molar-refractivity contribution in [1.29, 1.82) is 0 Å². The van der Waals surface area contributed by atoms with E-state index >= 15 is 0 Å². The van der Waals surface area contributed by atoms with E-state index in [9.17, 15) is 4.79 Å². The molecule has 23 heavy (non-hydrogen) atoms. The van der Waals surface area contributed by atoms with Crippen LogP contribution in [0.1, 0.15) is 38.6 Å². The summed E-state index contributed by atoms with van der Waals surface area (Å²) in [6.07, 6.45) is -0.284. The van der Waals surface area contributed by atoms with Crippen LogP contribution in [0.5, 0.6) is 0 Å². The highest BCUT2D eigenvalue weighted by Gasteiger charge is 2.19. The molecule has 1 aromatic heterocycles. The van der Waals surface area contributed by atoms with Crippen LogP contribution in [-0.2, 0) is 4.74 Å². The topological polar surface area (TPSA) is 41.6 Å². The van der Waals surface area contributed by atoms with Gasteiger partial charge in [-0.05, 0) is 45.2 Å². The van der Waals surface area contributed by atoms with Gasteiger partial charge in [0.15, 0.2) is 0 Å². The van der Waals surface area contributed by atoms with Gasteiger partial charge in [-0.2, -0.15) is 0 Å². The Morgan fingerprint density at radius 2 is 2.04 bits per heavy atom. The molecule has 0 aliphatic heterocycles. The van der Waals surface area contributed by atoms with Gasteiger partial charge in [0.1, 0.15) is 5.60 Å². The number of benzene rings is 1. The zero-order chi connectivity index (χ0) is 17.0. The number of nitrogens with one attached hydrogen (secondary N) is 1. The Morgan fingerprint density at radius 1 is 1.35 bits per heavy atom. The molecule has 2 rings (SSSR count). The molecule has 4 nitrogen and oxygen atoms in total. The predicted octanol–water partition coefficient (Wildman–Crippen LogP) is 4.42. The van der Waals surface area contributed by atoms with Crippen LogP contribution in [0.15, 0.2) is 30.3 Å². The summed E-state index contributed by atoms with van der Waals surface area (Å²) in [5.74, 6) is 0. The highest BCUT2D eigenvalue weighted by Crippen LogP contribution is 2.29. The summed E-state index contributed by atoms with van der Waals surface area (Å²) in [6, 6.07) is 10.9. The lowest BCUT2D eigenvalue weighted by Crippen LogP contribution is -2.38. The molecule has 1 unspecified atom stereocenters. The van der Waals surface area contributed by atoms with Gasteiger partial charge < -0.3 is 15.0 Å². The van der Waals surface area contributed by atoms with Crippen molar-refractivity contribution in [2.24, 2.45) is 0 Å². The van der Waals surface area contributed by atoms with Gasteiger partial charge in [-0.25, -0.2) is 4.79 Å². The number of amides is 1. The average Bonchev–Trinajstić information content (AvgIpc) is 2.89. The molecule has 1 aromatic carbocycles. The fourth-order valence-electron chi connectivity index (χ4n) is 2.20. The molecule has 0 saturated heterocycles. The smallest absolute Gasteiger partial charge is 0.410 e. The van der Waals surface area contributed by atoms with Crippen molar-refractivity contribution in [1.82, 2.24) is 10.2 Å². The molecule has 1 N–H and O–H groups in total. The minimum atomic E-state index is -0.455. The molecule has 0 aliphatic rings. The maximum atomic E-state index is 11.9. The molecule has 0 aliphatic carbocycles. The number of hydrogen-bond acceptors (Lipinski definition) is 4. The molecule has 1 heterocycles. The molecular formula is C18H26N2O2S. The number of rotatable bonds is 5. The molecule has 5 heteroatoms. The van der Waals surface area contributed by atoms with Crippen LogP contribution in [0.2, 0.25) is 0 Å². The first-order valence-corrected chi connectivity index (χ1v) is 8.74. The largest absolute Gasteiger partial charge is 0.444 e. The zero-order valence-electron chi connectivity index (χ0n) is 14.6. The Kier molecular flexibility index (Phi) is 5.65. The molecule has 2 aromatic rings. The molecular weight excluding hydrogens is 308 g/mol. The SMILES string of the molecule is CC(NCCN(C)C(=O)OC(C)(C)C)c1cc2ccccc2s1. The number of ether oxygens (including phenoxy) is 1. The summed E-state index contributed by atoms with van der Waals surface area (Å²) in [5.41, 5.74) is -0.455. The van der Waals surface area contributed by atoms with E-state index in [1.807, 2.05) is 32.1 Å². The first-order chi connectivity index (χ1) is 10.8. The van der Waals surface area contributed by atoms with Crippen LogP contribution in [0.4, 0.5) is 4.79 Å². The van der Waals surface area contributed by atoms with Crippen molar-refractivity contribution in [3.05, 3.63) is 35.2 Å². The van der Waals surface area contributed by atoms with Crippen molar-refractivity contribution in [2.45, 2.75) is 39.3 Å². The zero-order valence-corrected chi connectivity index (χ0v) is 15.4. The van der Waals surface area contributed by atoms with E-state index < -0.39 is 5.60 Å². The van der Waals surface area contributed by atoms with Crippen LogP contribution >= 0.6 is 11.3 Å². The monoisotopic (exact) mass is 334 g/mol. The van der Waals surface area contributed by atoms with E-state index in [2.05, 4.69) is 42.6 Å². The first-order valence-electron chi connectivity index (χ1n) is 7.92. The summed E-state index contributed by atoms with van der Waals surface area (Å²) in [7, 11) is 1.76. The van der Waals surface area contributed by atoms with E-state index in [0.29, 0.717) is 6.54 Å². The highest BCUT2D eigenvalue weighted by atomic mass is 32.1. The summed E-state index contributed by atoms with van der Waals surface area (Å²) in [5, 5.41) is 4.75. The molecule has 0 fully saturated rings. The molecule has 1 amide bonds. The Bertz CT molecular complexity index is 627. The van der Waals surface area contributed by atoms with Crippen molar-refractivity contribution in [3.8, 4) is 0 Å². The van der Waals surface area contributed by atoms with Crippen molar-refractivity contribution >= 4 is 27.5 Å². The Morgan fingerprint density at radius 3 is 2.70 bits per heavy atom. The third-order valence-electron chi connectivity index (χ3n) is 3.47. The van der Waals surface area contributed by atoms with Crippen LogP contribution in [0.25, 0.3) is 10.1 Å². The van der Waals surface area contributed by atoms with Gasteiger partial charge in [0, 0.05) is 35.8 Å². The standard InChI is InChI=1S/C18H26N2O2S/c1-13(16-12-14-8-6-7-9-15(14)23-16)19-10-11-20(5)17(21)22-18(2,3)4/h6-9,12-13,19H,10-11H2,1-5H3. The van der Waals surface area contributed by atoms with Gasteiger partial charge in [-0.15, -0.1) is 11.3 Å². The lowest BCUT2D eigenvalue weighted by Gasteiger charge is -2.25. The number of fused-ring (bicyclic) bond motifs is 1. The Hall–Kier alpha value is -1.59. The molecule has 0 saturated carbocycles. The molecule has 126 valence electrons. The second-order valence-electron chi connectivity index (χ2n) is 6.76. The summed E-state index contributed by atoms with van der Waals surface area (Å²) >= 11 is 1.81. The highest BCUT2D eigenvalue weighted by molar-refractivity contribution is 7.19. The van der Waals surface area contributed by atoms with Gasteiger partial charge >= 0.3 is 6.09 Å². The number of nitrogens with zero attached hydrogens (tertiary/aromatic N) is 1. The van der Waals surface area contributed by atoms with Crippen LogP contribution in [0.3, 0.4) is 0 Å². The second-order valence-corrected chi connectivity index (χ2v) is 7.88. The minimum absolute atomic E-state index is 0.263. The summed E-state index contributed by atoms with van der Waals surface area (Å²) < 4.78 is 6.65. The third kappa shape index (κ3) is 5.22. The molecule has 0 radical (unpaired) electrons. The Balaban J connectivity index is 1.82. The number of hydrogen-bond donors (Lipinski definition) is 1. The van der Waals surface area contributed by atoms with E-state index in [0.717, 1.165) is 6.54 Å². The van der Waals surface area contributed by atoms with Gasteiger partial charge in [-0.1, -0.05) is 18.2 Å². The maximum absolute atomic E-state index is 11.9.